The van der Waals surface area contributed by atoms with Crippen molar-refractivity contribution in [3.8, 4) is 33.4 Å². The van der Waals surface area contributed by atoms with Gasteiger partial charge in [0, 0.05) is 38.2 Å². The van der Waals surface area contributed by atoms with Gasteiger partial charge in [0.2, 0.25) is 0 Å². The molecule has 0 aliphatic rings. The largest absolute Gasteiger partial charge is 0.455 e. The first kappa shape index (κ1) is 20.8. The van der Waals surface area contributed by atoms with E-state index in [0.29, 0.717) is 22.1 Å². The molecule has 8 aromatic carbocycles. The zero-order valence-corrected chi connectivity index (χ0v) is 24.4. The summed E-state index contributed by atoms with van der Waals surface area (Å²) in [5, 5.41) is 7.73. The second-order valence-electron chi connectivity index (χ2n) is 11.6. The average Bonchev–Trinajstić information content (AvgIpc) is 3.75. The molecule has 0 saturated heterocycles. The molecule has 10 aromatic rings. The van der Waals surface area contributed by atoms with Gasteiger partial charge in [0.1, 0.15) is 22.3 Å². The second kappa shape index (κ2) is 9.69. The van der Waals surface area contributed by atoms with Crippen molar-refractivity contribution in [3.05, 3.63) is 158 Å². The molecule has 2 heterocycles. The van der Waals surface area contributed by atoms with Crippen LogP contribution in [0.15, 0.2) is 166 Å². The lowest BCUT2D eigenvalue weighted by molar-refractivity contribution is 0.670. The van der Waals surface area contributed by atoms with Gasteiger partial charge in [-0.1, -0.05) is 133 Å². The summed E-state index contributed by atoms with van der Waals surface area (Å²) in [7, 11) is 0. The van der Waals surface area contributed by atoms with Crippen LogP contribution < -0.4 is 0 Å². The molecule has 0 amide bonds. The van der Waals surface area contributed by atoms with Crippen LogP contribution in [-0.4, -0.2) is 0 Å². The van der Waals surface area contributed by atoms with Crippen LogP contribution in [0.5, 0.6) is 0 Å². The van der Waals surface area contributed by atoms with Crippen molar-refractivity contribution < 1.29 is 15.7 Å². The Morgan fingerprint density at radius 2 is 1.00 bits per heavy atom. The highest BCUT2D eigenvalue weighted by Gasteiger charge is 2.25. The summed E-state index contributed by atoms with van der Waals surface area (Å²) in [6, 6.07) is 41.1. The second-order valence-corrected chi connectivity index (χ2v) is 11.6. The molecule has 0 N–H and O–H groups in total. The van der Waals surface area contributed by atoms with Crippen LogP contribution in [0.3, 0.4) is 0 Å². The van der Waals surface area contributed by atoms with E-state index >= 15 is 0 Å². The third-order valence-corrected chi connectivity index (χ3v) is 9.14. The zero-order valence-electron chi connectivity index (χ0n) is 29.4. The van der Waals surface area contributed by atoms with Crippen LogP contribution in [0.4, 0.5) is 0 Å². The molecule has 2 aromatic heterocycles. The van der Waals surface area contributed by atoms with Gasteiger partial charge >= 0.3 is 0 Å². The Morgan fingerprint density at radius 3 is 1.76 bits per heavy atom. The molecular formula is C44H26O2. The minimum Gasteiger partial charge on any atom is -0.455 e. The lowest BCUT2D eigenvalue weighted by Gasteiger charge is -2.16. The number of fused-ring (bicyclic) bond motifs is 8. The smallest absolute Gasteiger partial charge is 0.144 e. The molecule has 2 heteroatoms. The predicted octanol–water partition coefficient (Wildman–Crippen LogP) is 12.8. The molecule has 0 atom stereocenters. The van der Waals surface area contributed by atoms with Crippen molar-refractivity contribution >= 4 is 65.4 Å². The molecule has 0 radical (unpaired) electrons. The van der Waals surface area contributed by atoms with E-state index in [1.54, 1.807) is 0 Å². The van der Waals surface area contributed by atoms with Crippen molar-refractivity contribution in [1.82, 2.24) is 0 Å². The summed E-state index contributed by atoms with van der Waals surface area (Å²) in [5.74, 6) is 0. The van der Waals surface area contributed by atoms with Crippen molar-refractivity contribution in [3.63, 3.8) is 0 Å². The first-order valence-corrected chi connectivity index (χ1v) is 15.3. The van der Waals surface area contributed by atoms with Crippen molar-refractivity contribution in [2.75, 3.05) is 0 Å². The molecule has 46 heavy (non-hydrogen) atoms. The normalized spacial score (nSPS) is 13.4. The monoisotopic (exact) mass is 591 g/mol. The number of furan rings is 2. The highest BCUT2D eigenvalue weighted by Crippen LogP contribution is 2.50. The summed E-state index contributed by atoms with van der Waals surface area (Å²) in [6.07, 6.45) is 0. The average molecular weight is 592 g/mol. The van der Waals surface area contributed by atoms with Gasteiger partial charge in [-0.15, -0.1) is 0 Å². The third-order valence-electron chi connectivity index (χ3n) is 9.14. The maximum Gasteiger partial charge on any atom is 0.144 e. The van der Waals surface area contributed by atoms with Gasteiger partial charge in [0.25, 0.3) is 0 Å². The number of para-hydroxylation sites is 2. The van der Waals surface area contributed by atoms with E-state index in [4.69, 9.17) is 15.7 Å². The van der Waals surface area contributed by atoms with Gasteiger partial charge in [-0.25, -0.2) is 0 Å². The van der Waals surface area contributed by atoms with Crippen LogP contribution >= 0.6 is 0 Å². The minimum atomic E-state index is -0.425. The van der Waals surface area contributed by atoms with Crippen molar-refractivity contribution in [2.45, 2.75) is 0 Å². The number of benzene rings is 8. The van der Waals surface area contributed by atoms with E-state index in [9.17, 15) is 0 Å². The molecule has 0 aliphatic heterocycles. The topological polar surface area (TPSA) is 26.3 Å². The molecule has 0 fully saturated rings. The Morgan fingerprint density at radius 1 is 0.413 bits per heavy atom. The van der Waals surface area contributed by atoms with Gasteiger partial charge in [-0.2, -0.15) is 0 Å². The van der Waals surface area contributed by atoms with Crippen molar-refractivity contribution in [2.24, 2.45) is 0 Å². The first-order valence-electron chi connectivity index (χ1n) is 17.8. The molecule has 214 valence electrons. The number of hydrogen-bond donors (Lipinski definition) is 0. The fourth-order valence-electron chi connectivity index (χ4n) is 7.18. The Balaban J connectivity index is 1.38. The van der Waals surface area contributed by atoms with Crippen LogP contribution in [0.2, 0.25) is 0 Å². The van der Waals surface area contributed by atoms with Crippen LogP contribution in [0.1, 0.15) is 6.85 Å². The molecule has 2 nitrogen and oxygen atoms in total. The standard InChI is InChI=1S/C44H26O2/c1-2-13-28(14-3-1)31-24-25-36(43-41(31)34-18-8-10-20-37(34)45-43)40-33-17-7-6-16-32(33)39(30-23-22-27-12-4-5-15-29(27)26-30)44-42(40)35-19-9-11-21-38(35)46-44/h1-26H/i1D,2D,3D,13D,14D. The quantitative estimate of drug-likeness (QED) is 0.204. The van der Waals surface area contributed by atoms with Gasteiger partial charge in [0.15, 0.2) is 0 Å². The van der Waals surface area contributed by atoms with Gasteiger partial charge in [-0.3, -0.25) is 0 Å². The zero-order chi connectivity index (χ0) is 34.5. The van der Waals surface area contributed by atoms with E-state index in [1.807, 2.05) is 72.8 Å². The van der Waals surface area contributed by atoms with Crippen LogP contribution in [0, 0.1) is 0 Å². The third kappa shape index (κ3) is 3.59. The first-order chi connectivity index (χ1) is 24.9. The Hall–Kier alpha value is -6.12. The van der Waals surface area contributed by atoms with Gasteiger partial charge in [-0.05, 0) is 62.5 Å². The lowest BCUT2D eigenvalue weighted by Crippen LogP contribution is -1.90. The number of rotatable bonds is 3. The van der Waals surface area contributed by atoms with E-state index in [0.717, 1.165) is 71.1 Å². The maximum absolute atomic E-state index is 8.85. The summed E-state index contributed by atoms with van der Waals surface area (Å²) in [6.45, 7) is 0. The van der Waals surface area contributed by atoms with Gasteiger partial charge in [0.05, 0.1) is 6.85 Å². The summed E-state index contributed by atoms with van der Waals surface area (Å²) >= 11 is 0. The Bertz CT molecular complexity index is 3070. The maximum atomic E-state index is 8.85. The molecule has 0 saturated carbocycles. The van der Waals surface area contributed by atoms with E-state index < -0.39 is 6.04 Å². The minimum absolute atomic E-state index is 0.138. The van der Waals surface area contributed by atoms with E-state index in [1.165, 1.54) is 0 Å². The molecular weight excluding hydrogens is 560 g/mol. The SMILES string of the molecule is [2H]c1c([2H])c([2H])c(-c2ccc(-c3c4ccccc4c(-c4ccc5ccccc5c4)c4oc5ccccc5c34)c3oc4ccccc4c23)c([2H])c1[2H]. The fourth-order valence-corrected chi connectivity index (χ4v) is 7.18. The molecule has 0 bridgehead atoms. The summed E-state index contributed by atoms with van der Waals surface area (Å²) < 4.78 is 56.3. The highest BCUT2D eigenvalue weighted by atomic mass is 16.3. The number of hydrogen-bond acceptors (Lipinski definition) is 2. The highest BCUT2D eigenvalue weighted by molar-refractivity contribution is 6.29. The fraction of sp³-hybridized carbons (Fsp3) is 0. The van der Waals surface area contributed by atoms with E-state index in [-0.39, 0.29) is 29.7 Å². The summed E-state index contributed by atoms with van der Waals surface area (Å²) in [4.78, 5) is 0. The van der Waals surface area contributed by atoms with Gasteiger partial charge < -0.3 is 8.83 Å². The van der Waals surface area contributed by atoms with Crippen LogP contribution in [0.25, 0.3) is 98.8 Å². The predicted molar refractivity (Wildman–Crippen MR) is 192 cm³/mol. The van der Waals surface area contributed by atoms with Crippen LogP contribution in [-0.2, 0) is 0 Å². The molecule has 10 rings (SSSR count). The van der Waals surface area contributed by atoms with E-state index in [2.05, 4.69) is 54.6 Å². The molecule has 0 aliphatic carbocycles. The Kier molecular flexibility index (Phi) is 4.37. The molecule has 0 unspecified atom stereocenters. The lowest BCUT2D eigenvalue weighted by atomic mass is 9.86. The Labute approximate surface area is 271 Å². The van der Waals surface area contributed by atoms with Crippen molar-refractivity contribution in [1.29, 1.82) is 0 Å². The molecule has 0 spiro atoms. The summed E-state index contributed by atoms with van der Waals surface area (Å²) in [5.41, 5.74) is 7.19.